The van der Waals surface area contributed by atoms with Crippen molar-refractivity contribution in [2.45, 2.75) is 39.0 Å². The van der Waals surface area contributed by atoms with E-state index >= 15 is 0 Å². The maximum atomic E-state index is 6.40. The fraction of sp³-hybridized carbons (Fsp3) is 0.400. The van der Waals surface area contributed by atoms with Gasteiger partial charge in [-0.05, 0) is 48.9 Å². The Labute approximate surface area is 157 Å². The first-order valence-corrected chi connectivity index (χ1v) is 9.64. The highest BCUT2D eigenvalue weighted by atomic mass is 35.5. The first-order chi connectivity index (χ1) is 12.1. The molecule has 1 aliphatic rings. The summed E-state index contributed by atoms with van der Waals surface area (Å²) in [5, 5.41) is 1.21. The Hall–Kier alpha value is -1.58. The smallest absolute Gasteiger partial charge is 0.115 e. The molecular formula is C20H21Cl2N3. The summed E-state index contributed by atoms with van der Waals surface area (Å²) in [5.74, 6) is 2.95. The van der Waals surface area contributed by atoms with Gasteiger partial charge in [-0.3, -0.25) is 4.98 Å². The number of rotatable bonds is 5. The van der Waals surface area contributed by atoms with E-state index in [9.17, 15) is 0 Å². The standard InChI is InChI=1S/C20H21Cl2N3/c1-3-11(2)17(12-4-5-12)20-24-16-8-9-23-18(19(16)25-20)14-7-6-13(21)10-15(14)22/h6-12,17H,3-5H2,1-2H3,(H,24,25). The van der Waals surface area contributed by atoms with Crippen LogP contribution in [0.1, 0.15) is 44.9 Å². The Kier molecular flexibility index (Phi) is 4.47. The van der Waals surface area contributed by atoms with Crippen molar-refractivity contribution in [2.75, 3.05) is 0 Å². The second-order valence-electron chi connectivity index (χ2n) is 7.05. The Morgan fingerprint density at radius 2 is 2.04 bits per heavy atom. The van der Waals surface area contributed by atoms with Gasteiger partial charge in [0.1, 0.15) is 11.3 Å². The lowest BCUT2D eigenvalue weighted by Gasteiger charge is -2.20. The summed E-state index contributed by atoms with van der Waals surface area (Å²) in [6.45, 7) is 4.58. The number of halogens is 2. The van der Waals surface area contributed by atoms with Crippen molar-refractivity contribution in [2.24, 2.45) is 11.8 Å². The first kappa shape index (κ1) is 16.9. The van der Waals surface area contributed by atoms with E-state index in [-0.39, 0.29) is 0 Å². The highest BCUT2D eigenvalue weighted by Crippen LogP contribution is 2.47. The van der Waals surface area contributed by atoms with Gasteiger partial charge in [0.2, 0.25) is 0 Å². The molecule has 5 heteroatoms. The summed E-state index contributed by atoms with van der Waals surface area (Å²) >= 11 is 12.4. The van der Waals surface area contributed by atoms with E-state index in [1.807, 2.05) is 18.2 Å². The third-order valence-electron chi connectivity index (χ3n) is 5.31. The number of aromatic nitrogens is 3. The van der Waals surface area contributed by atoms with Crippen LogP contribution in [0.4, 0.5) is 0 Å². The number of nitrogens with one attached hydrogen (secondary N) is 1. The second-order valence-corrected chi connectivity index (χ2v) is 7.89. The van der Waals surface area contributed by atoms with E-state index in [1.54, 1.807) is 12.3 Å². The van der Waals surface area contributed by atoms with Crippen molar-refractivity contribution >= 4 is 34.2 Å². The quantitative estimate of drug-likeness (QED) is 0.556. The molecule has 2 aromatic heterocycles. The largest absolute Gasteiger partial charge is 0.342 e. The lowest BCUT2D eigenvalue weighted by Crippen LogP contribution is -2.13. The van der Waals surface area contributed by atoms with Crippen LogP contribution in [0.5, 0.6) is 0 Å². The van der Waals surface area contributed by atoms with Crippen molar-refractivity contribution in [3.8, 4) is 11.3 Å². The molecule has 1 aliphatic carbocycles. The Morgan fingerprint density at radius 3 is 2.72 bits per heavy atom. The molecule has 0 spiro atoms. The number of nitrogens with zero attached hydrogens (tertiary/aromatic N) is 2. The van der Waals surface area contributed by atoms with Crippen LogP contribution < -0.4 is 0 Å². The minimum atomic E-state index is 0.492. The predicted octanol–water partition coefficient (Wildman–Crippen LogP) is 6.47. The molecule has 130 valence electrons. The summed E-state index contributed by atoms with van der Waals surface area (Å²) in [6, 6.07) is 7.48. The van der Waals surface area contributed by atoms with Gasteiger partial charge >= 0.3 is 0 Å². The molecule has 4 rings (SSSR count). The van der Waals surface area contributed by atoms with E-state index in [1.165, 1.54) is 12.8 Å². The molecular weight excluding hydrogens is 353 g/mol. The van der Waals surface area contributed by atoms with Crippen LogP contribution in [0.15, 0.2) is 30.5 Å². The molecule has 2 heterocycles. The number of pyridine rings is 1. The van der Waals surface area contributed by atoms with Crippen molar-refractivity contribution < 1.29 is 0 Å². The van der Waals surface area contributed by atoms with Gasteiger partial charge in [-0.25, -0.2) is 4.98 Å². The van der Waals surface area contributed by atoms with Crippen LogP contribution in [0.25, 0.3) is 22.3 Å². The third-order valence-corrected chi connectivity index (χ3v) is 5.86. The topological polar surface area (TPSA) is 41.6 Å². The number of imidazole rings is 1. The first-order valence-electron chi connectivity index (χ1n) is 8.88. The van der Waals surface area contributed by atoms with E-state index in [0.717, 1.165) is 40.5 Å². The molecule has 0 aliphatic heterocycles. The second kappa shape index (κ2) is 6.62. The molecule has 1 N–H and O–H groups in total. The average molecular weight is 374 g/mol. The zero-order valence-corrected chi connectivity index (χ0v) is 15.9. The number of aromatic amines is 1. The van der Waals surface area contributed by atoms with Gasteiger partial charge < -0.3 is 4.98 Å². The van der Waals surface area contributed by atoms with Crippen molar-refractivity contribution in [3.63, 3.8) is 0 Å². The molecule has 0 saturated heterocycles. The fourth-order valence-corrected chi connectivity index (χ4v) is 4.16. The molecule has 25 heavy (non-hydrogen) atoms. The molecule has 1 saturated carbocycles. The Bertz CT molecular complexity index is 914. The van der Waals surface area contributed by atoms with E-state index in [4.69, 9.17) is 28.2 Å². The molecule has 2 unspecified atom stereocenters. The molecule has 1 aromatic carbocycles. The summed E-state index contributed by atoms with van der Waals surface area (Å²) in [5.41, 5.74) is 3.57. The van der Waals surface area contributed by atoms with Crippen LogP contribution >= 0.6 is 23.2 Å². The van der Waals surface area contributed by atoms with E-state index in [0.29, 0.717) is 21.9 Å². The van der Waals surface area contributed by atoms with Gasteiger partial charge in [-0.2, -0.15) is 0 Å². The average Bonchev–Trinajstić information content (AvgIpc) is 3.32. The summed E-state index contributed by atoms with van der Waals surface area (Å²) < 4.78 is 0. The summed E-state index contributed by atoms with van der Waals surface area (Å²) in [7, 11) is 0. The van der Waals surface area contributed by atoms with Gasteiger partial charge in [0.05, 0.1) is 16.2 Å². The summed E-state index contributed by atoms with van der Waals surface area (Å²) in [4.78, 5) is 13.1. The number of hydrogen-bond donors (Lipinski definition) is 1. The van der Waals surface area contributed by atoms with Crippen LogP contribution in [0.3, 0.4) is 0 Å². The van der Waals surface area contributed by atoms with Gasteiger partial charge in [0.25, 0.3) is 0 Å². The minimum Gasteiger partial charge on any atom is -0.342 e. The zero-order chi connectivity index (χ0) is 17.6. The van der Waals surface area contributed by atoms with Gasteiger partial charge in [-0.15, -0.1) is 0 Å². The zero-order valence-electron chi connectivity index (χ0n) is 14.4. The maximum absolute atomic E-state index is 6.40. The molecule has 2 atom stereocenters. The maximum Gasteiger partial charge on any atom is 0.115 e. The lowest BCUT2D eigenvalue weighted by molar-refractivity contribution is 0.393. The van der Waals surface area contributed by atoms with Gasteiger partial charge in [0, 0.05) is 22.7 Å². The highest BCUT2D eigenvalue weighted by molar-refractivity contribution is 6.36. The monoisotopic (exact) mass is 373 g/mol. The van der Waals surface area contributed by atoms with E-state index in [2.05, 4.69) is 23.8 Å². The minimum absolute atomic E-state index is 0.492. The van der Waals surface area contributed by atoms with Gasteiger partial charge in [-0.1, -0.05) is 43.5 Å². The Balaban J connectivity index is 1.83. The highest BCUT2D eigenvalue weighted by Gasteiger charge is 2.37. The summed E-state index contributed by atoms with van der Waals surface area (Å²) in [6.07, 6.45) is 5.58. The number of H-pyrrole nitrogens is 1. The molecule has 3 aromatic rings. The molecule has 0 amide bonds. The van der Waals surface area contributed by atoms with Gasteiger partial charge in [0.15, 0.2) is 0 Å². The third kappa shape index (κ3) is 3.16. The van der Waals surface area contributed by atoms with Crippen LogP contribution in [-0.4, -0.2) is 15.0 Å². The molecule has 1 fully saturated rings. The lowest BCUT2D eigenvalue weighted by atomic mass is 9.87. The van der Waals surface area contributed by atoms with Crippen LogP contribution in [0.2, 0.25) is 10.0 Å². The van der Waals surface area contributed by atoms with Crippen LogP contribution in [0, 0.1) is 11.8 Å². The SMILES string of the molecule is CCC(C)C(c1nc2c(-c3ccc(Cl)cc3Cl)nccc2[nH]1)C1CC1. The number of hydrogen-bond acceptors (Lipinski definition) is 2. The normalized spacial score (nSPS) is 17.0. The molecule has 0 bridgehead atoms. The molecule has 0 radical (unpaired) electrons. The Morgan fingerprint density at radius 1 is 1.24 bits per heavy atom. The fourth-order valence-electron chi connectivity index (χ4n) is 3.66. The predicted molar refractivity (Wildman–Crippen MR) is 104 cm³/mol. The number of fused-ring (bicyclic) bond motifs is 1. The number of benzene rings is 1. The van der Waals surface area contributed by atoms with Crippen molar-refractivity contribution in [1.29, 1.82) is 0 Å². The van der Waals surface area contributed by atoms with Crippen LogP contribution in [-0.2, 0) is 0 Å². The molecule has 3 nitrogen and oxygen atoms in total. The van der Waals surface area contributed by atoms with E-state index < -0.39 is 0 Å². The van der Waals surface area contributed by atoms with Crippen molar-refractivity contribution in [3.05, 3.63) is 46.3 Å². The van der Waals surface area contributed by atoms with Crippen molar-refractivity contribution in [1.82, 2.24) is 15.0 Å².